The monoisotopic (exact) mass is 231 g/mol. The first-order valence-corrected chi connectivity index (χ1v) is 5.46. The number of carboxylic acid groups (broad SMARTS) is 1. The molecule has 0 spiro atoms. The van der Waals surface area contributed by atoms with Crippen molar-refractivity contribution >= 4 is 28.4 Å². The zero-order chi connectivity index (χ0) is 9.78. The van der Waals surface area contributed by atoms with Crippen molar-refractivity contribution in [3.63, 3.8) is 0 Å². The van der Waals surface area contributed by atoms with Gasteiger partial charge in [-0.25, -0.2) is 13.1 Å². The molecule has 0 heterocycles. The third-order valence-electron chi connectivity index (χ3n) is 1.23. The van der Waals surface area contributed by atoms with E-state index >= 15 is 0 Å². The van der Waals surface area contributed by atoms with Gasteiger partial charge < -0.3 is 5.11 Å². The predicted octanol–water partition coefficient (Wildman–Crippen LogP) is 0.211. The number of hydrogen-bond acceptors (Lipinski definition) is 3. The zero-order valence-electron chi connectivity index (χ0n) is 7.48. The number of aliphatic carboxylic acids is 1. The van der Waals surface area contributed by atoms with E-state index in [1.165, 1.54) is 0 Å². The molecular formula is C6H14ClNO4S. The number of rotatable bonds is 5. The summed E-state index contributed by atoms with van der Waals surface area (Å²) in [6, 6.07) is -0.995. The fourth-order valence-corrected chi connectivity index (χ4v) is 1.52. The fraction of sp³-hybridized carbons (Fsp3) is 0.833. The van der Waals surface area contributed by atoms with E-state index in [1.807, 2.05) is 4.72 Å². The van der Waals surface area contributed by atoms with Crippen molar-refractivity contribution in [2.24, 2.45) is 0 Å². The van der Waals surface area contributed by atoms with Crippen LogP contribution < -0.4 is 4.72 Å². The van der Waals surface area contributed by atoms with Crippen molar-refractivity contribution in [1.82, 2.24) is 4.72 Å². The number of halogens is 1. The molecule has 0 aromatic rings. The van der Waals surface area contributed by atoms with Gasteiger partial charge in [-0.15, -0.1) is 12.4 Å². The standard InChI is InChI=1S/C6H13NO4S.ClH/c1-3-4-5(6(8)9)7-12(2,10)11;/h5,7H,3-4H2,1-2H3,(H,8,9);1H. The number of carboxylic acids is 1. The highest BCUT2D eigenvalue weighted by atomic mass is 35.5. The summed E-state index contributed by atoms with van der Waals surface area (Å²) < 4.78 is 23.3. The van der Waals surface area contributed by atoms with Crippen LogP contribution in [0.1, 0.15) is 19.8 Å². The van der Waals surface area contributed by atoms with Crippen LogP contribution in [0.4, 0.5) is 0 Å². The Kier molecular flexibility index (Phi) is 7.20. The Morgan fingerprint density at radius 2 is 2.00 bits per heavy atom. The maximum absolute atomic E-state index is 10.6. The largest absolute Gasteiger partial charge is 0.480 e. The Bertz CT molecular complexity index is 251. The van der Waals surface area contributed by atoms with Gasteiger partial charge in [-0.1, -0.05) is 13.3 Å². The van der Waals surface area contributed by atoms with E-state index < -0.39 is 22.0 Å². The van der Waals surface area contributed by atoms with Gasteiger partial charge >= 0.3 is 5.97 Å². The number of hydrogen-bond donors (Lipinski definition) is 2. The molecule has 0 amide bonds. The minimum atomic E-state index is -3.42. The number of carbonyl (C=O) groups is 1. The highest BCUT2D eigenvalue weighted by molar-refractivity contribution is 7.88. The van der Waals surface area contributed by atoms with Gasteiger partial charge in [0, 0.05) is 0 Å². The second-order valence-corrected chi connectivity index (χ2v) is 4.35. The van der Waals surface area contributed by atoms with Gasteiger partial charge in [-0.3, -0.25) is 4.79 Å². The highest BCUT2D eigenvalue weighted by Gasteiger charge is 2.19. The van der Waals surface area contributed by atoms with Crippen LogP contribution in [0, 0.1) is 0 Å². The summed E-state index contributed by atoms with van der Waals surface area (Å²) in [6.45, 7) is 1.79. The van der Waals surface area contributed by atoms with Gasteiger partial charge in [0.2, 0.25) is 10.0 Å². The molecule has 2 N–H and O–H groups in total. The van der Waals surface area contributed by atoms with Crippen molar-refractivity contribution in [1.29, 1.82) is 0 Å². The summed E-state index contributed by atoms with van der Waals surface area (Å²) >= 11 is 0. The Balaban J connectivity index is 0. The molecule has 0 saturated carbocycles. The van der Waals surface area contributed by atoms with Gasteiger partial charge in [0.05, 0.1) is 6.26 Å². The Hall–Kier alpha value is -0.330. The summed E-state index contributed by atoms with van der Waals surface area (Å²) in [7, 11) is -3.42. The lowest BCUT2D eigenvalue weighted by Crippen LogP contribution is -2.39. The predicted molar refractivity (Wildman–Crippen MR) is 51.6 cm³/mol. The van der Waals surface area contributed by atoms with Crippen molar-refractivity contribution in [2.45, 2.75) is 25.8 Å². The van der Waals surface area contributed by atoms with Crippen LogP contribution in [-0.2, 0) is 14.8 Å². The first kappa shape index (κ1) is 15.2. The molecule has 0 aromatic heterocycles. The maximum atomic E-state index is 10.6. The van der Waals surface area contributed by atoms with E-state index in [0.29, 0.717) is 12.8 Å². The lowest BCUT2D eigenvalue weighted by molar-refractivity contribution is -0.139. The lowest BCUT2D eigenvalue weighted by Gasteiger charge is -2.10. The van der Waals surface area contributed by atoms with E-state index in [2.05, 4.69) is 0 Å². The van der Waals surface area contributed by atoms with Crippen LogP contribution in [0.2, 0.25) is 0 Å². The molecule has 0 aliphatic heterocycles. The normalized spacial score (nSPS) is 13.1. The van der Waals surface area contributed by atoms with Gasteiger partial charge in [0.1, 0.15) is 6.04 Å². The second-order valence-electron chi connectivity index (χ2n) is 2.57. The fourth-order valence-electron chi connectivity index (χ4n) is 0.780. The van der Waals surface area contributed by atoms with Crippen molar-refractivity contribution < 1.29 is 18.3 Å². The second kappa shape index (κ2) is 6.17. The van der Waals surface area contributed by atoms with Gasteiger partial charge in [0.15, 0.2) is 0 Å². The highest BCUT2D eigenvalue weighted by Crippen LogP contribution is 1.97. The summed E-state index contributed by atoms with van der Waals surface area (Å²) in [4.78, 5) is 10.4. The van der Waals surface area contributed by atoms with Crippen molar-refractivity contribution in [2.75, 3.05) is 6.26 Å². The van der Waals surface area contributed by atoms with E-state index in [9.17, 15) is 13.2 Å². The van der Waals surface area contributed by atoms with Crippen LogP contribution in [0.15, 0.2) is 0 Å². The molecule has 1 atom stereocenters. The SMILES string of the molecule is CCCC(NS(C)(=O)=O)C(=O)O.Cl. The molecule has 5 nitrogen and oxygen atoms in total. The molecule has 0 radical (unpaired) electrons. The third-order valence-corrected chi connectivity index (χ3v) is 1.94. The van der Waals surface area contributed by atoms with Gasteiger partial charge in [0.25, 0.3) is 0 Å². The van der Waals surface area contributed by atoms with Gasteiger partial charge in [-0.2, -0.15) is 0 Å². The number of sulfonamides is 1. The molecule has 7 heteroatoms. The topological polar surface area (TPSA) is 83.5 Å². The quantitative estimate of drug-likeness (QED) is 0.709. The smallest absolute Gasteiger partial charge is 0.321 e. The molecule has 0 aliphatic rings. The first-order chi connectivity index (χ1) is 5.37. The molecule has 0 rings (SSSR count). The van der Waals surface area contributed by atoms with E-state index in [0.717, 1.165) is 6.26 Å². The average Bonchev–Trinajstić information content (AvgIpc) is 1.83. The molecule has 0 aromatic carbocycles. The summed E-state index contributed by atoms with van der Waals surface area (Å²) in [5, 5.41) is 8.54. The van der Waals surface area contributed by atoms with E-state index in [4.69, 9.17) is 5.11 Å². The maximum Gasteiger partial charge on any atom is 0.321 e. The summed E-state index contributed by atoms with van der Waals surface area (Å²) in [5.41, 5.74) is 0. The summed E-state index contributed by atoms with van der Waals surface area (Å²) in [5.74, 6) is -1.14. The Labute approximate surface area is 84.0 Å². The zero-order valence-corrected chi connectivity index (χ0v) is 9.11. The Morgan fingerprint density at radius 1 is 1.54 bits per heavy atom. The lowest BCUT2D eigenvalue weighted by atomic mass is 10.2. The minimum Gasteiger partial charge on any atom is -0.480 e. The molecular weight excluding hydrogens is 218 g/mol. The van der Waals surface area contributed by atoms with Crippen molar-refractivity contribution in [3.05, 3.63) is 0 Å². The van der Waals surface area contributed by atoms with Crippen LogP contribution >= 0.6 is 12.4 Å². The number of nitrogens with one attached hydrogen (secondary N) is 1. The Morgan fingerprint density at radius 3 is 2.23 bits per heavy atom. The van der Waals surface area contributed by atoms with Crippen molar-refractivity contribution in [3.8, 4) is 0 Å². The van der Waals surface area contributed by atoms with Crippen LogP contribution in [0.3, 0.4) is 0 Å². The van der Waals surface area contributed by atoms with Crippen LogP contribution in [-0.4, -0.2) is 31.8 Å². The van der Waals surface area contributed by atoms with E-state index in [1.54, 1.807) is 6.92 Å². The molecule has 0 bridgehead atoms. The molecule has 80 valence electrons. The molecule has 13 heavy (non-hydrogen) atoms. The van der Waals surface area contributed by atoms with Crippen LogP contribution in [0.5, 0.6) is 0 Å². The summed E-state index contributed by atoms with van der Waals surface area (Å²) in [6.07, 6.45) is 1.88. The molecule has 0 aliphatic carbocycles. The molecule has 0 saturated heterocycles. The third kappa shape index (κ3) is 8.01. The minimum absolute atomic E-state index is 0. The average molecular weight is 232 g/mol. The molecule has 1 unspecified atom stereocenters. The van der Waals surface area contributed by atoms with E-state index in [-0.39, 0.29) is 12.4 Å². The first-order valence-electron chi connectivity index (χ1n) is 3.57. The molecule has 0 fully saturated rings. The van der Waals surface area contributed by atoms with Gasteiger partial charge in [-0.05, 0) is 6.42 Å². The van der Waals surface area contributed by atoms with Crippen LogP contribution in [0.25, 0.3) is 0 Å².